The monoisotopic (exact) mass is 260 g/mol. The maximum atomic E-state index is 12.0. The first-order valence-electron chi connectivity index (χ1n) is 7.28. The van der Waals surface area contributed by atoms with E-state index >= 15 is 0 Å². The molecule has 3 heteroatoms. The predicted molar refractivity (Wildman–Crippen MR) is 80.0 cm³/mol. The molecule has 0 amide bonds. The maximum Gasteiger partial charge on any atom is 0.164 e. The lowest BCUT2D eigenvalue weighted by Gasteiger charge is -2.41. The minimum Gasteiger partial charge on any atom is -0.368 e. The van der Waals surface area contributed by atoms with Crippen LogP contribution in [0.15, 0.2) is 24.3 Å². The molecule has 2 rings (SSSR count). The fourth-order valence-electron chi connectivity index (χ4n) is 2.86. The largest absolute Gasteiger partial charge is 0.368 e. The minimum absolute atomic E-state index is 0.237. The lowest BCUT2D eigenvalue weighted by atomic mass is 10.0. The molecule has 1 aromatic rings. The summed E-state index contributed by atoms with van der Waals surface area (Å²) < 4.78 is 0. The Kier molecular flexibility index (Phi) is 4.59. The van der Waals surface area contributed by atoms with Crippen molar-refractivity contribution < 1.29 is 4.79 Å². The van der Waals surface area contributed by atoms with E-state index in [1.54, 1.807) is 0 Å². The Labute approximate surface area is 116 Å². The molecule has 0 aromatic heterocycles. The van der Waals surface area contributed by atoms with Crippen LogP contribution < -0.4 is 4.90 Å². The number of rotatable bonds is 4. The summed E-state index contributed by atoms with van der Waals surface area (Å²) in [6, 6.07) is 8.56. The standard InChI is InChI=1S/C16H24N2O/c1-4-16(19)14-8-6-7-9-15(14)18-11-10-17(5-2)13(3)12-18/h6-9,13H,4-5,10-12H2,1-3H3. The Bertz CT molecular complexity index is 444. The van der Waals surface area contributed by atoms with E-state index < -0.39 is 0 Å². The number of ketones is 1. The van der Waals surface area contributed by atoms with Gasteiger partial charge < -0.3 is 4.90 Å². The quantitative estimate of drug-likeness (QED) is 0.778. The molecule has 1 aliphatic rings. The van der Waals surface area contributed by atoms with Crippen molar-refractivity contribution in [1.82, 2.24) is 4.90 Å². The average Bonchev–Trinajstić information content (AvgIpc) is 2.46. The van der Waals surface area contributed by atoms with Crippen LogP contribution in [0.3, 0.4) is 0 Å². The molecule has 104 valence electrons. The Morgan fingerprint density at radius 2 is 2.00 bits per heavy atom. The zero-order valence-corrected chi connectivity index (χ0v) is 12.2. The number of nitrogens with zero attached hydrogens (tertiary/aromatic N) is 2. The van der Waals surface area contributed by atoms with Gasteiger partial charge in [0.2, 0.25) is 0 Å². The molecule has 0 saturated carbocycles. The summed E-state index contributed by atoms with van der Waals surface area (Å²) in [6.07, 6.45) is 0.571. The highest BCUT2D eigenvalue weighted by Crippen LogP contribution is 2.24. The van der Waals surface area contributed by atoms with Gasteiger partial charge in [-0.1, -0.05) is 26.0 Å². The molecular weight excluding hydrogens is 236 g/mol. The molecule has 1 fully saturated rings. The Morgan fingerprint density at radius 1 is 1.26 bits per heavy atom. The normalized spacial score (nSPS) is 20.6. The highest BCUT2D eigenvalue weighted by Gasteiger charge is 2.24. The van der Waals surface area contributed by atoms with Gasteiger partial charge in [0.25, 0.3) is 0 Å². The number of hydrogen-bond acceptors (Lipinski definition) is 3. The molecule has 0 bridgehead atoms. The van der Waals surface area contributed by atoms with E-state index in [-0.39, 0.29) is 5.78 Å². The second kappa shape index (κ2) is 6.20. The Morgan fingerprint density at radius 3 is 2.63 bits per heavy atom. The van der Waals surface area contributed by atoms with Crippen molar-refractivity contribution in [3.05, 3.63) is 29.8 Å². The number of benzene rings is 1. The molecule has 1 heterocycles. The van der Waals surface area contributed by atoms with E-state index in [0.29, 0.717) is 12.5 Å². The number of hydrogen-bond donors (Lipinski definition) is 0. The topological polar surface area (TPSA) is 23.6 Å². The van der Waals surface area contributed by atoms with Gasteiger partial charge in [0.1, 0.15) is 0 Å². The van der Waals surface area contributed by atoms with Gasteiger partial charge in [-0.2, -0.15) is 0 Å². The summed E-state index contributed by atoms with van der Waals surface area (Å²) in [5.74, 6) is 0.237. The first-order valence-corrected chi connectivity index (χ1v) is 7.28. The van der Waals surface area contributed by atoms with Gasteiger partial charge >= 0.3 is 0 Å². The van der Waals surface area contributed by atoms with Gasteiger partial charge in [-0.15, -0.1) is 0 Å². The van der Waals surface area contributed by atoms with Crippen LogP contribution >= 0.6 is 0 Å². The third-order valence-electron chi connectivity index (χ3n) is 4.04. The number of Topliss-reactive ketones (excluding diaryl/α,β-unsaturated/α-hetero) is 1. The second-order valence-corrected chi connectivity index (χ2v) is 5.22. The van der Waals surface area contributed by atoms with Crippen molar-refractivity contribution in [1.29, 1.82) is 0 Å². The average molecular weight is 260 g/mol. The number of piperazine rings is 1. The number of para-hydroxylation sites is 1. The van der Waals surface area contributed by atoms with Crippen LogP contribution in [0.2, 0.25) is 0 Å². The molecule has 1 saturated heterocycles. The highest BCUT2D eigenvalue weighted by atomic mass is 16.1. The third kappa shape index (κ3) is 2.98. The van der Waals surface area contributed by atoms with E-state index in [4.69, 9.17) is 0 Å². The highest BCUT2D eigenvalue weighted by molar-refractivity contribution is 6.01. The second-order valence-electron chi connectivity index (χ2n) is 5.22. The van der Waals surface area contributed by atoms with E-state index in [1.165, 1.54) is 0 Å². The molecule has 0 radical (unpaired) electrons. The van der Waals surface area contributed by atoms with E-state index in [1.807, 2.05) is 25.1 Å². The molecule has 0 spiro atoms. The molecule has 0 aliphatic carbocycles. The zero-order valence-electron chi connectivity index (χ0n) is 12.2. The van der Waals surface area contributed by atoms with Crippen molar-refractivity contribution in [2.45, 2.75) is 33.2 Å². The molecule has 1 unspecified atom stereocenters. The molecular formula is C16H24N2O. The smallest absolute Gasteiger partial charge is 0.164 e. The van der Waals surface area contributed by atoms with Crippen LogP contribution in [-0.2, 0) is 0 Å². The van der Waals surface area contributed by atoms with Gasteiger partial charge in [-0.05, 0) is 25.6 Å². The van der Waals surface area contributed by atoms with E-state index in [2.05, 4.69) is 29.7 Å². The molecule has 0 N–H and O–H groups in total. The summed E-state index contributed by atoms with van der Waals surface area (Å²) in [5, 5.41) is 0. The van der Waals surface area contributed by atoms with Gasteiger partial charge in [0, 0.05) is 43.3 Å². The fourth-order valence-corrected chi connectivity index (χ4v) is 2.86. The maximum absolute atomic E-state index is 12.0. The van der Waals surface area contributed by atoms with E-state index in [0.717, 1.165) is 37.4 Å². The summed E-state index contributed by atoms with van der Waals surface area (Å²) in [6.45, 7) is 10.6. The first kappa shape index (κ1) is 14.1. The number of anilines is 1. The summed E-state index contributed by atoms with van der Waals surface area (Å²) in [4.78, 5) is 16.9. The first-order chi connectivity index (χ1) is 9.17. The van der Waals surface area contributed by atoms with Crippen LogP contribution in [0.5, 0.6) is 0 Å². The third-order valence-corrected chi connectivity index (χ3v) is 4.04. The predicted octanol–water partition coefficient (Wildman–Crippen LogP) is 2.81. The van der Waals surface area contributed by atoms with Crippen LogP contribution in [0.1, 0.15) is 37.6 Å². The van der Waals surface area contributed by atoms with Crippen molar-refractivity contribution in [2.75, 3.05) is 31.1 Å². The van der Waals surface area contributed by atoms with Crippen LogP contribution in [0.4, 0.5) is 5.69 Å². The number of carbonyl (C=O) groups excluding carboxylic acids is 1. The molecule has 1 atom stereocenters. The minimum atomic E-state index is 0.237. The van der Waals surface area contributed by atoms with Gasteiger partial charge in [0.15, 0.2) is 5.78 Å². The van der Waals surface area contributed by atoms with Crippen molar-refractivity contribution in [3.63, 3.8) is 0 Å². The van der Waals surface area contributed by atoms with Gasteiger partial charge in [0.05, 0.1) is 0 Å². The van der Waals surface area contributed by atoms with Gasteiger partial charge in [-0.25, -0.2) is 0 Å². The molecule has 1 aliphatic heterocycles. The number of likely N-dealkylation sites (N-methyl/N-ethyl adjacent to an activating group) is 1. The number of carbonyl (C=O) groups is 1. The summed E-state index contributed by atoms with van der Waals surface area (Å²) >= 11 is 0. The summed E-state index contributed by atoms with van der Waals surface area (Å²) in [7, 11) is 0. The fraction of sp³-hybridized carbons (Fsp3) is 0.562. The lowest BCUT2D eigenvalue weighted by Crippen LogP contribution is -2.52. The van der Waals surface area contributed by atoms with Crippen molar-refractivity contribution in [3.8, 4) is 0 Å². The van der Waals surface area contributed by atoms with Crippen LogP contribution in [0, 0.1) is 0 Å². The Balaban J connectivity index is 2.21. The van der Waals surface area contributed by atoms with Crippen molar-refractivity contribution >= 4 is 11.5 Å². The lowest BCUT2D eigenvalue weighted by molar-refractivity contribution is 0.0988. The SMILES string of the molecule is CCC(=O)c1ccccc1N1CCN(CC)C(C)C1. The summed E-state index contributed by atoms with van der Waals surface area (Å²) in [5.41, 5.74) is 1.99. The van der Waals surface area contributed by atoms with Gasteiger partial charge in [-0.3, -0.25) is 9.69 Å². The van der Waals surface area contributed by atoms with E-state index in [9.17, 15) is 4.79 Å². The van der Waals surface area contributed by atoms with Crippen molar-refractivity contribution in [2.24, 2.45) is 0 Å². The Hall–Kier alpha value is -1.35. The molecule has 19 heavy (non-hydrogen) atoms. The van der Waals surface area contributed by atoms with Crippen LogP contribution in [0.25, 0.3) is 0 Å². The molecule has 1 aromatic carbocycles. The molecule has 3 nitrogen and oxygen atoms in total. The van der Waals surface area contributed by atoms with Crippen LogP contribution in [-0.4, -0.2) is 42.9 Å². The zero-order chi connectivity index (χ0) is 13.8.